The van der Waals surface area contributed by atoms with Crippen LogP contribution in [0.3, 0.4) is 0 Å². The van der Waals surface area contributed by atoms with Gasteiger partial charge in [0.05, 0.1) is 19.3 Å². The number of nitrogens with one attached hydrogen (secondary N) is 1. The van der Waals surface area contributed by atoms with Gasteiger partial charge >= 0.3 is 5.97 Å². The number of hydrogen-bond acceptors (Lipinski definition) is 5. The molecule has 2 amide bonds. The van der Waals surface area contributed by atoms with Crippen LogP contribution in [0.1, 0.15) is 43.2 Å². The minimum Gasteiger partial charge on any atom is -0.466 e. The van der Waals surface area contributed by atoms with Crippen molar-refractivity contribution in [1.29, 1.82) is 0 Å². The van der Waals surface area contributed by atoms with Gasteiger partial charge in [0.1, 0.15) is 6.04 Å². The number of carbonyl (C=O) groups excluding carboxylic acids is 3. The van der Waals surface area contributed by atoms with Gasteiger partial charge in [-0.05, 0) is 18.6 Å². The molecule has 1 fully saturated rings. The van der Waals surface area contributed by atoms with Gasteiger partial charge in [0.2, 0.25) is 5.91 Å². The molecule has 2 rings (SSSR count). The maximum Gasteiger partial charge on any atom is 0.308 e. The van der Waals surface area contributed by atoms with Gasteiger partial charge in [-0.25, -0.2) is 0 Å². The van der Waals surface area contributed by atoms with Crippen LogP contribution in [-0.2, 0) is 14.3 Å². The second kappa shape index (κ2) is 8.36. The van der Waals surface area contributed by atoms with E-state index in [-0.39, 0.29) is 18.1 Å². The lowest BCUT2D eigenvalue weighted by molar-refractivity contribution is -0.147. The summed E-state index contributed by atoms with van der Waals surface area (Å²) < 4.78 is 10.2. The van der Waals surface area contributed by atoms with Gasteiger partial charge in [-0.15, -0.1) is 0 Å². The lowest BCUT2D eigenvalue weighted by atomic mass is 10.1. The van der Waals surface area contributed by atoms with Gasteiger partial charge in [-0.2, -0.15) is 0 Å². The Labute approximate surface area is 135 Å². The molecule has 0 saturated carbocycles. The fourth-order valence-corrected chi connectivity index (χ4v) is 2.46. The van der Waals surface area contributed by atoms with Crippen LogP contribution in [0.2, 0.25) is 0 Å². The molecule has 2 heterocycles. The zero-order chi connectivity index (χ0) is 16.7. The van der Waals surface area contributed by atoms with E-state index in [2.05, 4.69) is 12.2 Å². The number of amides is 2. The first kappa shape index (κ1) is 17.1. The molecule has 7 nitrogen and oxygen atoms in total. The highest BCUT2D eigenvalue weighted by Gasteiger charge is 2.36. The van der Waals surface area contributed by atoms with Crippen molar-refractivity contribution >= 4 is 17.8 Å². The standard InChI is InChI=1S/C16H22N2O5/c1-2-3-4-9-23-14(19)11-12-15(20)17-7-8-18(12)16(21)13-6-5-10-22-13/h5-6,10,12H,2-4,7-9,11H2,1H3,(H,17,20). The molecular weight excluding hydrogens is 300 g/mol. The van der Waals surface area contributed by atoms with Gasteiger partial charge in [-0.1, -0.05) is 19.8 Å². The van der Waals surface area contributed by atoms with E-state index in [0.717, 1.165) is 19.3 Å². The molecule has 1 aromatic rings. The van der Waals surface area contributed by atoms with Crippen molar-refractivity contribution in [3.8, 4) is 0 Å². The first-order valence-electron chi connectivity index (χ1n) is 7.91. The van der Waals surface area contributed by atoms with E-state index >= 15 is 0 Å². The van der Waals surface area contributed by atoms with Crippen LogP contribution in [0.5, 0.6) is 0 Å². The molecule has 1 N–H and O–H groups in total. The maximum atomic E-state index is 12.4. The number of nitrogens with zero attached hydrogens (tertiary/aromatic N) is 1. The summed E-state index contributed by atoms with van der Waals surface area (Å²) in [5, 5.41) is 2.67. The summed E-state index contributed by atoms with van der Waals surface area (Å²) in [4.78, 5) is 37.7. The minimum atomic E-state index is -0.861. The van der Waals surface area contributed by atoms with Crippen LogP contribution in [-0.4, -0.2) is 48.4 Å². The van der Waals surface area contributed by atoms with E-state index in [1.807, 2.05) is 0 Å². The topological polar surface area (TPSA) is 88.9 Å². The Morgan fingerprint density at radius 3 is 2.96 bits per heavy atom. The van der Waals surface area contributed by atoms with E-state index < -0.39 is 17.9 Å². The average Bonchev–Trinajstić information content (AvgIpc) is 3.07. The van der Waals surface area contributed by atoms with E-state index in [4.69, 9.17) is 9.15 Å². The van der Waals surface area contributed by atoms with Gasteiger partial charge < -0.3 is 19.4 Å². The fourth-order valence-electron chi connectivity index (χ4n) is 2.46. The molecule has 0 bridgehead atoms. The third-order valence-corrected chi connectivity index (χ3v) is 3.69. The molecule has 0 aromatic carbocycles. The number of hydrogen-bond donors (Lipinski definition) is 1. The monoisotopic (exact) mass is 322 g/mol. The van der Waals surface area contributed by atoms with Crippen molar-refractivity contribution in [1.82, 2.24) is 10.2 Å². The summed E-state index contributed by atoms with van der Waals surface area (Å²) in [7, 11) is 0. The number of piperazine rings is 1. The molecule has 1 aromatic heterocycles. The molecule has 1 atom stereocenters. The van der Waals surface area contributed by atoms with Crippen molar-refractivity contribution in [2.24, 2.45) is 0 Å². The fraction of sp³-hybridized carbons (Fsp3) is 0.562. The lowest BCUT2D eigenvalue weighted by Crippen LogP contribution is -2.57. The zero-order valence-electron chi connectivity index (χ0n) is 13.2. The predicted molar refractivity (Wildman–Crippen MR) is 81.6 cm³/mol. The molecule has 0 spiro atoms. The van der Waals surface area contributed by atoms with Crippen LogP contribution in [0, 0.1) is 0 Å². The summed E-state index contributed by atoms with van der Waals surface area (Å²) in [5.41, 5.74) is 0. The Balaban J connectivity index is 1.96. The summed E-state index contributed by atoms with van der Waals surface area (Å²) in [6, 6.07) is 2.28. The molecule has 1 unspecified atom stereocenters. The average molecular weight is 322 g/mol. The minimum absolute atomic E-state index is 0.148. The number of ether oxygens (including phenoxy) is 1. The molecule has 1 aliphatic rings. The molecule has 0 aliphatic carbocycles. The van der Waals surface area contributed by atoms with Crippen molar-refractivity contribution in [3.63, 3.8) is 0 Å². The Morgan fingerprint density at radius 2 is 2.26 bits per heavy atom. The molecule has 1 saturated heterocycles. The van der Waals surface area contributed by atoms with E-state index in [1.54, 1.807) is 6.07 Å². The summed E-state index contributed by atoms with van der Waals surface area (Å²) in [6.45, 7) is 3.09. The second-order valence-corrected chi connectivity index (χ2v) is 5.41. The van der Waals surface area contributed by atoms with Gasteiger partial charge in [0, 0.05) is 13.1 Å². The van der Waals surface area contributed by atoms with Crippen LogP contribution in [0.4, 0.5) is 0 Å². The number of furan rings is 1. The van der Waals surface area contributed by atoms with Crippen LogP contribution < -0.4 is 5.32 Å². The van der Waals surface area contributed by atoms with Gasteiger partial charge in [0.25, 0.3) is 5.91 Å². The van der Waals surface area contributed by atoms with E-state index in [9.17, 15) is 14.4 Å². The maximum absolute atomic E-state index is 12.4. The number of esters is 1. The third kappa shape index (κ3) is 4.58. The first-order chi connectivity index (χ1) is 11.1. The van der Waals surface area contributed by atoms with E-state index in [1.165, 1.54) is 17.2 Å². The highest BCUT2D eigenvalue weighted by Crippen LogP contribution is 2.15. The zero-order valence-corrected chi connectivity index (χ0v) is 13.2. The van der Waals surface area contributed by atoms with Crippen molar-refractivity contribution < 1.29 is 23.5 Å². The Kier molecular flexibility index (Phi) is 6.19. The third-order valence-electron chi connectivity index (χ3n) is 3.69. The summed E-state index contributed by atoms with van der Waals surface area (Å²) in [5.74, 6) is -1.06. The molecule has 7 heteroatoms. The smallest absolute Gasteiger partial charge is 0.308 e. The molecule has 1 aliphatic heterocycles. The second-order valence-electron chi connectivity index (χ2n) is 5.41. The Hall–Kier alpha value is -2.31. The number of unbranched alkanes of at least 4 members (excludes halogenated alkanes) is 2. The number of carbonyl (C=O) groups is 3. The van der Waals surface area contributed by atoms with Crippen molar-refractivity contribution in [3.05, 3.63) is 24.2 Å². The van der Waals surface area contributed by atoms with Crippen LogP contribution in [0.25, 0.3) is 0 Å². The molecular formula is C16H22N2O5. The number of rotatable bonds is 7. The molecule has 0 radical (unpaired) electrons. The lowest BCUT2D eigenvalue weighted by Gasteiger charge is -2.33. The SMILES string of the molecule is CCCCCOC(=O)CC1C(=O)NCCN1C(=O)c1ccco1. The summed E-state index contributed by atoms with van der Waals surface area (Å²) in [6.07, 6.45) is 4.07. The normalized spacial score (nSPS) is 17.7. The van der Waals surface area contributed by atoms with Crippen molar-refractivity contribution in [2.45, 2.75) is 38.6 Å². The Bertz CT molecular complexity index is 541. The van der Waals surface area contributed by atoms with Gasteiger partial charge in [-0.3, -0.25) is 14.4 Å². The van der Waals surface area contributed by atoms with Crippen molar-refractivity contribution in [2.75, 3.05) is 19.7 Å². The highest BCUT2D eigenvalue weighted by atomic mass is 16.5. The van der Waals surface area contributed by atoms with Gasteiger partial charge in [0.15, 0.2) is 5.76 Å². The Morgan fingerprint density at radius 1 is 1.43 bits per heavy atom. The highest BCUT2D eigenvalue weighted by molar-refractivity contribution is 5.97. The quantitative estimate of drug-likeness (QED) is 0.604. The predicted octanol–water partition coefficient (Wildman–Crippen LogP) is 1.34. The molecule has 126 valence electrons. The van der Waals surface area contributed by atoms with E-state index in [0.29, 0.717) is 19.7 Å². The summed E-state index contributed by atoms with van der Waals surface area (Å²) >= 11 is 0. The molecule has 23 heavy (non-hydrogen) atoms. The van der Waals surface area contributed by atoms with Crippen LogP contribution >= 0.6 is 0 Å². The first-order valence-corrected chi connectivity index (χ1v) is 7.91. The largest absolute Gasteiger partial charge is 0.466 e. The van der Waals surface area contributed by atoms with Crippen LogP contribution in [0.15, 0.2) is 22.8 Å².